The van der Waals surface area contributed by atoms with Crippen molar-refractivity contribution in [1.82, 2.24) is 0 Å². The SMILES string of the molecule is CC(C)(C)c1ccc(/C=C/C(=O)Oc2ccc3c(c2)OC(N)=C(C#N)C3c2cccc(Cl)c2)cc1. The molecule has 0 radical (unpaired) electrons. The van der Waals surface area contributed by atoms with E-state index in [-0.39, 0.29) is 11.3 Å². The number of nitrogens with two attached hydrogens (primary N) is 1. The van der Waals surface area contributed by atoms with Gasteiger partial charge in [0.25, 0.3) is 0 Å². The number of nitrogens with zero attached hydrogens (tertiary/aromatic N) is 1. The van der Waals surface area contributed by atoms with Crippen LogP contribution in [0.3, 0.4) is 0 Å². The molecule has 0 amide bonds. The summed E-state index contributed by atoms with van der Waals surface area (Å²) >= 11 is 6.18. The normalized spacial score (nSPS) is 15.3. The van der Waals surface area contributed by atoms with Crippen LogP contribution in [0.2, 0.25) is 5.02 Å². The van der Waals surface area contributed by atoms with Gasteiger partial charge in [0.2, 0.25) is 5.88 Å². The van der Waals surface area contributed by atoms with Gasteiger partial charge in [0.05, 0.1) is 5.92 Å². The highest BCUT2D eigenvalue weighted by atomic mass is 35.5. The van der Waals surface area contributed by atoms with Crippen molar-refractivity contribution < 1.29 is 14.3 Å². The van der Waals surface area contributed by atoms with E-state index in [1.807, 2.05) is 24.3 Å². The maximum Gasteiger partial charge on any atom is 0.336 e. The molecule has 1 aliphatic rings. The Hall–Kier alpha value is -4.01. The highest BCUT2D eigenvalue weighted by Gasteiger charge is 2.31. The van der Waals surface area contributed by atoms with Gasteiger partial charge in [-0.3, -0.25) is 0 Å². The average molecular weight is 485 g/mol. The molecule has 4 rings (SSSR count). The maximum atomic E-state index is 12.4. The molecule has 35 heavy (non-hydrogen) atoms. The van der Waals surface area contributed by atoms with E-state index in [4.69, 9.17) is 26.8 Å². The van der Waals surface area contributed by atoms with Gasteiger partial charge in [-0.1, -0.05) is 74.8 Å². The number of ether oxygens (including phenoxy) is 2. The largest absolute Gasteiger partial charge is 0.440 e. The number of esters is 1. The minimum Gasteiger partial charge on any atom is -0.440 e. The first-order chi connectivity index (χ1) is 16.7. The molecule has 0 aliphatic carbocycles. The Morgan fingerprint density at radius 1 is 1.11 bits per heavy atom. The van der Waals surface area contributed by atoms with Gasteiger partial charge in [-0.15, -0.1) is 0 Å². The van der Waals surface area contributed by atoms with Crippen LogP contribution < -0.4 is 15.2 Å². The summed E-state index contributed by atoms with van der Waals surface area (Å²) < 4.78 is 11.2. The van der Waals surface area contributed by atoms with E-state index < -0.39 is 11.9 Å². The molecule has 5 nitrogen and oxygen atoms in total. The van der Waals surface area contributed by atoms with Crippen molar-refractivity contribution in [3.8, 4) is 17.6 Å². The molecule has 0 fully saturated rings. The Morgan fingerprint density at radius 2 is 1.86 bits per heavy atom. The van der Waals surface area contributed by atoms with Crippen LogP contribution in [0.25, 0.3) is 6.08 Å². The third-order valence-electron chi connectivity index (χ3n) is 5.78. The number of carbonyl (C=O) groups excluding carboxylic acids is 1. The van der Waals surface area contributed by atoms with E-state index in [0.29, 0.717) is 22.1 Å². The molecular formula is C29H25ClN2O3. The zero-order chi connectivity index (χ0) is 25.2. The van der Waals surface area contributed by atoms with E-state index >= 15 is 0 Å². The molecule has 1 aliphatic heterocycles. The molecule has 3 aromatic rings. The van der Waals surface area contributed by atoms with Gasteiger partial charge < -0.3 is 15.2 Å². The van der Waals surface area contributed by atoms with E-state index in [1.165, 1.54) is 11.6 Å². The first-order valence-corrected chi connectivity index (χ1v) is 11.5. The first-order valence-electron chi connectivity index (χ1n) is 11.1. The number of fused-ring (bicyclic) bond motifs is 1. The molecule has 0 spiro atoms. The van der Waals surface area contributed by atoms with Crippen molar-refractivity contribution in [3.63, 3.8) is 0 Å². The molecule has 1 unspecified atom stereocenters. The highest BCUT2D eigenvalue weighted by Crippen LogP contribution is 2.43. The fourth-order valence-corrected chi connectivity index (χ4v) is 4.14. The lowest BCUT2D eigenvalue weighted by Crippen LogP contribution is -2.21. The predicted molar refractivity (Wildman–Crippen MR) is 137 cm³/mol. The van der Waals surface area contributed by atoms with Crippen molar-refractivity contribution in [2.24, 2.45) is 5.73 Å². The molecule has 1 atom stereocenters. The zero-order valence-corrected chi connectivity index (χ0v) is 20.5. The van der Waals surface area contributed by atoms with Crippen LogP contribution in [0.1, 0.15) is 48.9 Å². The lowest BCUT2D eigenvalue weighted by Gasteiger charge is -2.26. The summed E-state index contributed by atoms with van der Waals surface area (Å²) in [6, 6.07) is 22.5. The molecule has 0 bridgehead atoms. The van der Waals surface area contributed by atoms with Crippen LogP contribution in [0, 0.1) is 11.3 Å². The Bertz CT molecular complexity index is 1380. The van der Waals surface area contributed by atoms with Crippen LogP contribution in [0.5, 0.6) is 11.5 Å². The smallest absolute Gasteiger partial charge is 0.336 e. The van der Waals surface area contributed by atoms with Crippen LogP contribution in [0.4, 0.5) is 0 Å². The summed E-state index contributed by atoms with van der Waals surface area (Å²) in [4.78, 5) is 12.4. The quantitative estimate of drug-likeness (QED) is 0.260. The summed E-state index contributed by atoms with van der Waals surface area (Å²) in [5.41, 5.74) is 10.1. The van der Waals surface area contributed by atoms with Crippen molar-refractivity contribution >= 4 is 23.6 Å². The highest BCUT2D eigenvalue weighted by molar-refractivity contribution is 6.30. The van der Waals surface area contributed by atoms with Crippen LogP contribution in [-0.4, -0.2) is 5.97 Å². The number of benzene rings is 3. The van der Waals surface area contributed by atoms with Crippen LogP contribution in [-0.2, 0) is 10.2 Å². The van der Waals surface area contributed by atoms with E-state index in [2.05, 4.69) is 39.0 Å². The minimum atomic E-state index is -0.520. The van der Waals surface area contributed by atoms with Gasteiger partial charge in [-0.25, -0.2) is 4.79 Å². The zero-order valence-electron chi connectivity index (χ0n) is 19.7. The Labute approximate surface area is 210 Å². The third-order valence-corrected chi connectivity index (χ3v) is 6.01. The molecule has 0 saturated carbocycles. The van der Waals surface area contributed by atoms with Gasteiger partial charge in [0.15, 0.2) is 0 Å². The van der Waals surface area contributed by atoms with Crippen molar-refractivity contribution in [1.29, 1.82) is 5.26 Å². The molecule has 0 aromatic heterocycles. The molecule has 0 saturated heterocycles. The fourth-order valence-electron chi connectivity index (χ4n) is 3.94. The second-order valence-corrected chi connectivity index (χ2v) is 9.74. The minimum absolute atomic E-state index is 0.00653. The number of allylic oxidation sites excluding steroid dienone is 1. The summed E-state index contributed by atoms with van der Waals surface area (Å²) in [6.07, 6.45) is 3.09. The number of hydrogen-bond donors (Lipinski definition) is 1. The van der Waals surface area contributed by atoms with Crippen molar-refractivity contribution in [2.45, 2.75) is 32.1 Å². The standard InChI is InChI=1S/C29H25ClN2O3/c1-29(2,3)20-10-7-18(8-11-20)9-14-26(33)34-22-12-13-23-25(16-22)35-28(32)24(17-31)27(23)19-5-4-6-21(30)15-19/h4-16,27H,32H2,1-3H3/b14-9+. The molecule has 3 aromatic carbocycles. The molecule has 1 heterocycles. The van der Waals surface area contributed by atoms with Gasteiger partial charge in [0.1, 0.15) is 23.1 Å². The maximum absolute atomic E-state index is 12.4. The summed E-state index contributed by atoms with van der Waals surface area (Å²) in [7, 11) is 0. The summed E-state index contributed by atoms with van der Waals surface area (Å²) in [5, 5.41) is 10.2. The average Bonchev–Trinajstić information content (AvgIpc) is 2.81. The van der Waals surface area contributed by atoms with Gasteiger partial charge >= 0.3 is 5.97 Å². The first kappa shape index (κ1) is 24.1. The molecule has 2 N–H and O–H groups in total. The monoisotopic (exact) mass is 484 g/mol. The number of nitriles is 1. The van der Waals surface area contributed by atoms with Crippen molar-refractivity contribution in [2.75, 3.05) is 0 Å². The van der Waals surface area contributed by atoms with Crippen LogP contribution >= 0.6 is 11.6 Å². The number of carbonyl (C=O) groups is 1. The topological polar surface area (TPSA) is 85.3 Å². The van der Waals surface area contributed by atoms with E-state index in [1.54, 1.807) is 36.4 Å². The van der Waals surface area contributed by atoms with Gasteiger partial charge in [-0.2, -0.15) is 5.26 Å². The van der Waals surface area contributed by atoms with Gasteiger partial charge in [-0.05, 0) is 46.4 Å². The molecule has 6 heteroatoms. The molecule has 176 valence electrons. The number of rotatable bonds is 4. The second-order valence-electron chi connectivity index (χ2n) is 9.31. The predicted octanol–water partition coefficient (Wildman–Crippen LogP) is 6.47. The van der Waals surface area contributed by atoms with Crippen molar-refractivity contribution in [3.05, 3.63) is 112 Å². The Morgan fingerprint density at radius 3 is 2.51 bits per heavy atom. The molecular weight excluding hydrogens is 460 g/mol. The lowest BCUT2D eigenvalue weighted by molar-refractivity contribution is -0.128. The summed E-state index contributed by atoms with van der Waals surface area (Å²) in [5.74, 6) is -0.235. The fraction of sp³-hybridized carbons (Fsp3) is 0.172. The van der Waals surface area contributed by atoms with Gasteiger partial charge in [0, 0.05) is 22.7 Å². The van der Waals surface area contributed by atoms with E-state index in [0.717, 1.165) is 16.7 Å². The Balaban J connectivity index is 1.54. The summed E-state index contributed by atoms with van der Waals surface area (Å²) in [6.45, 7) is 6.46. The van der Waals surface area contributed by atoms with E-state index in [9.17, 15) is 10.1 Å². The van der Waals surface area contributed by atoms with Crippen LogP contribution in [0.15, 0.2) is 84.3 Å². The number of hydrogen-bond acceptors (Lipinski definition) is 5. The second kappa shape index (κ2) is 9.69. The third kappa shape index (κ3) is 5.40. The Kier molecular flexibility index (Phi) is 6.68. The lowest BCUT2D eigenvalue weighted by atomic mass is 9.83. The number of halogens is 1.